The minimum Gasteiger partial charge on any atom is -0.398 e. The molecule has 5 heteroatoms. The quantitative estimate of drug-likeness (QED) is 0.772. The first-order valence-corrected chi connectivity index (χ1v) is 6.69. The number of rotatable bonds is 6. The topological polar surface area (TPSA) is 89.4 Å². The van der Waals surface area contributed by atoms with Crippen molar-refractivity contribution in [2.75, 3.05) is 12.3 Å². The number of benzene rings is 1. The predicted octanol–water partition coefficient (Wildman–Crippen LogP) is 1.52. The van der Waals surface area contributed by atoms with Gasteiger partial charge in [0.1, 0.15) is 0 Å². The third-order valence-electron chi connectivity index (χ3n) is 3.51. The van der Waals surface area contributed by atoms with Crippen molar-refractivity contribution in [2.45, 2.75) is 33.7 Å². The van der Waals surface area contributed by atoms with Gasteiger partial charge in [-0.2, -0.15) is 0 Å². The van der Waals surface area contributed by atoms with E-state index in [-0.39, 0.29) is 19.0 Å². The molecule has 0 fully saturated rings. The van der Waals surface area contributed by atoms with Crippen LogP contribution < -0.4 is 11.5 Å². The first kappa shape index (κ1) is 16.0. The van der Waals surface area contributed by atoms with Crippen molar-refractivity contribution < 1.29 is 9.59 Å². The molecule has 0 radical (unpaired) electrons. The monoisotopic (exact) mass is 277 g/mol. The van der Waals surface area contributed by atoms with Gasteiger partial charge in [0.15, 0.2) is 0 Å². The predicted molar refractivity (Wildman–Crippen MR) is 79.5 cm³/mol. The molecule has 0 saturated heterocycles. The molecule has 20 heavy (non-hydrogen) atoms. The van der Waals surface area contributed by atoms with E-state index >= 15 is 0 Å². The summed E-state index contributed by atoms with van der Waals surface area (Å²) >= 11 is 0. The summed E-state index contributed by atoms with van der Waals surface area (Å²) in [5, 5.41) is 0. The lowest BCUT2D eigenvalue weighted by atomic mass is 9.88. The summed E-state index contributed by atoms with van der Waals surface area (Å²) in [5.41, 5.74) is 12.0. The second-order valence-corrected chi connectivity index (χ2v) is 5.56. The van der Waals surface area contributed by atoms with Crippen molar-refractivity contribution in [1.82, 2.24) is 4.90 Å². The molecule has 0 aliphatic heterocycles. The van der Waals surface area contributed by atoms with Crippen LogP contribution in [-0.4, -0.2) is 23.3 Å². The van der Waals surface area contributed by atoms with E-state index < -0.39 is 11.3 Å². The SMILES string of the molecule is CCC(C)(C)C(=O)N(CC(N)=O)Cc1ccccc1N. The largest absolute Gasteiger partial charge is 0.398 e. The van der Waals surface area contributed by atoms with Crippen LogP contribution in [0.5, 0.6) is 0 Å². The molecule has 0 saturated carbocycles. The summed E-state index contributed by atoms with van der Waals surface area (Å²) < 4.78 is 0. The van der Waals surface area contributed by atoms with Crippen LogP contribution in [-0.2, 0) is 16.1 Å². The average Bonchev–Trinajstić information content (AvgIpc) is 2.39. The molecule has 5 nitrogen and oxygen atoms in total. The van der Waals surface area contributed by atoms with E-state index in [1.807, 2.05) is 39.0 Å². The maximum absolute atomic E-state index is 12.5. The lowest BCUT2D eigenvalue weighted by Crippen LogP contribution is -2.44. The zero-order valence-electron chi connectivity index (χ0n) is 12.3. The molecule has 1 aromatic rings. The molecule has 0 spiro atoms. The van der Waals surface area contributed by atoms with E-state index in [1.54, 1.807) is 6.07 Å². The van der Waals surface area contributed by atoms with Gasteiger partial charge >= 0.3 is 0 Å². The lowest BCUT2D eigenvalue weighted by Gasteiger charge is -2.30. The minimum atomic E-state index is -0.529. The van der Waals surface area contributed by atoms with Crippen molar-refractivity contribution in [3.8, 4) is 0 Å². The summed E-state index contributed by atoms with van der Waals surface area (Å²) in [6, 6.07) is 7.29. The van der Waals surface area contributed by atoms with Crippen molar-refractivity contribution in [3.63, 3.8) is 0 Å². The van der Waals surface area contributed by atoms with Gasteiger partial charge in [-0.3, -0.25) is 9.59 Å². The Morgan fingerprint density at radius 1 is 1.25 bits per heavy atom. The Bertz CT molecular complexity index is 498. The first-order chi connectivity index (χ1) is 9.27. The van der Waals surface area contributed by atoms with Crippen LogP contribution in [0.25, 0.3) is 0 Å². The van der Waals surface area contributed by atoms with E-state index in [1.165, 1.54) is 4.90 Å². The zero-order valence-corrected chi connectivity index (χ0v) is 12.3. The summed E-state index contributed by atoms with van der Waals surface area (Å²) in [7, 11) is 0. The van der Waals surface area contributed by atoms with E-state index in [0.717, 1.165) is 5.56 Å². The molecule has 0 aliphatic carbocycles. The van der Waals surface area contributed by atoms with Crippen molar-refractivity contribution in [1.29, 1.82) is 0 Å². The van der Waals surface area contributed by atoms with E-state index in [4.69, 9.17) is 11.5 Å². The fourth-order valence-electron chi connectivity index (χ4n) is 1.85. The Labute approximate surface area is 119 Å². The Hall–Kier alpha value is -2.04. The van der Waals surface area contributed by atoms with Crippen LogP contribution in [0.2, 0.25) is 0 Å². The van der Waals surface area contributed by atoms with E-state index in [9.17, 15) is 9.59 Å². The van der Waals surface area contributed by atoms with Gasteiger partial charge in [-0.1, -0.05) is 39.0 Å². The molecule has 0 aliphatic rings. The molecule has 1 rings (SSSR count). The summed E-state index contributed by atoms with van der Waals surface area (Å²) in [4.78, 5) is 25.2. The molecule has 0 bridgehead atoms. The molecule has 0 aromatic heterocycles. The first-order valence-electron chi connectivity index (χ1n) is 6.69. The van der Waals surface area contributed by atoms with Gasteiger partial charge in [-0.25, -0.2) is 0 Å². The number of hydrogen-bond donors (Lipinski definition) is 2. The fraction of sp³-hybridized carbons (Fsp3) is 0.467. The van der Waals surface area contributed by atoms with Crippen molar-refractivity contribution >= 4 is 17.5 Å². The summed E-state index contributed by atoms with van der Waals surface area (Å²) in [6.45, 7) is 5.85. The third-order valence-corrected chi connectivity index (χ3v) is 3.51. The van der Waals surface area contributed by atoms with Gasteiger partial charge in [0, 0.05) is 17.6 Å². The number of carbonyl (C=O) groups excluding carboxylic acids is 2. The standard InChI is InChI=1S/C15H23N3O2/c1-4-15(2,3)14(20)18(10-13(17)19)9-11-7-5-6-8-12(11)16/h5-8H,4,9-10,16H2,1-3H3,(H2,17,19). The molecule has 0 heterocycles. The maximum atomic E-state index is 12.5. The highest BCUT2D eigenvalue weighted by molar-refractivity contribution is 5.87. The number of amides is 2. The van der Waals surface area contributed by atoms with Crippen LogP contribution in [0.1, 0.15) is 32.8 Å². The Morgan fingerprint density at radius 3 is 2.35 bits per heavy atom. The fourth-order valence-corrected chi connectivity index (χ4v) is 1.85. The molecule has 4 N–H and O–H groups in total. The van der Waals surface area contributed by atoms with Crippen LogP contribution in [0, 0.1) is 5.41 Å². The highest BCUT2D eigenvalue weighted by Crippen LogP contribution is 2.24. The number of nitrogens with two attached hydrogens (primary N) is 2. The average molecular weight is 277 g/mol. The van der Waals surface area contributed by atoms with Crippen molar-refractivity contribution in [2.24, 2.45) is 11.1 Å². The number of primary amides is 1. The minimum absolute atomic E-state index is 0.0953. The molecular formula is C15H23N3O2. The molecule has 2 amide bonds. The second kappa shape index (κ2) is 6.41. The number of nitrogen functional groups attached to an aromatic ring is 1. The summed E-state index contributed by atoms with van der Waals surface area (Å²) in [5.74, 6) is -0.623. The smallest absolute Gasteiger partial charge is 0.237 e. The second-order valence-electron chi connectivity index (χ2n) is 5.56. The van der Waals surface area contributed by atoms with E-state index in [2.05, 4.69) is 0 Å². The van der Waals surface area contributed by atoms with Crippen LogP contribution in [0.3, 0.4) is 0 Å². The van der Waals surface area contributed by atoms with Gasteiger partial charge in [-0.15, -0.1) is 0 Å². The van der Waals surface area contributed by atoms with Crippen LogP contribution >= 0.6 is 0 Å². The van der Waals surface area contributed by atoms with Gasteiger partial charge in [-0.05, 0) is 18.1 Å². The number of carbonyl (C=O) groups is 2. The van der Waals surface area contributed by atoms with Gasteiger partial charge in [0.25, 0.3) is 0 Å². The van der Waals surface area contributed by atoms with Gasteiger partial charge < -0.3 is 16.4 Å². The van der Waals surface area contributed by atoms with Crippen LogP contribution in [0.4, 0.5) is 5.69 Å². The Balaban J connectivity index is 2.99. The van der Waals surface area contributed by atoms with Gasteiger partial charge in [0.05, 0.1) is 6.54 Å². The molecule has 0 unspecified atom stereocenters. The highest BCUT2D eigenvalue weighted by atomic mass is 16.2. The zero-order chi connectivity index (χ0) is 15.3. The Kier molecular flexibility index (Phi) is 5.13. The molecular weight excluding hydrogens is 254 g/mol. The lowest BCUT2D eigenvalue weighted by molar-refractivity contribution is -0.143. The van der Waals surface area contributed by atoms with Crippen LogP contribution in [0.15, 0.2) is 24.3 Å². The number of para-hydroxylation sites is 1. The normalized spacial score (nSPS) is 11.2. The molecule has 110 valence electrons. The highest BCUT2D eigenvalue weighted by Gasteiger charge is 2.31. The number of hydrogen-bond acceptors (Lipinski definition) is 3. The third kappa shape index (κ3) is 3.98. The molecule has 0 atom stereocenters. The van der Waals surface area contributed by atoms with Crippen molar-refractivity contribution in [3.05, 3.63) is 29.8 Å². The van der Waals surface area contributed by atoms with Gasteiger partial charge in [0.2, 0.25) is 11.8 Å². The maximum Gasteiger partial charge on any atom is 0.237 e. The van der Waals surface area contributed by atoms with E-state index in [0.29, 0.717) is 12.1 Å². The molecule has 1 aromatic carbocycles. The number of anilines is 1. The summed E-state index contributed by atoms with van der Waals surface area (Å²) in [6.07, 6.45) is 0.686. The Morgan fingerprint density at radius 2 is 1.85 bits per heavy atom. The number of nitrogens with zero attached hydrogens (tertiary/aromatic N) is 1.